The van der Waals surface area contributed by atoms with E-state index < -0.39 is 11.5 Å². The molecule has 27 heavy (non-hydrogen) atoms. The Morgan fingerprint density at radius 2 is 1.89 bits per heavy atom. The molecule has 0 aliphatic carbocycles. The maximum absolute atomic E-state index is 12.8. The summed E-state index contributed by atoms with van der Waals surface area (Å²) in [6, 6.07) is 13.1. The number of halogens is 2. The van der Waals surface area contributed by atoms with Gasteiger partial charge in [0.15, 0.2) is 11.4 Å². The summed E-state index contributed by atoms with van der Waals surface area (Å²) in [5.74, 6) is -0.508. The Hall–Kier alpha value is -2.83. The highest BCUT2D eigenvalue weighted by Crippen LogP contribution is 2.26. The van der Waals surface area contributed by atoms with Crippen LogP contribution in [0, 0.1) is 6.92 Å². The van der Waals surface area contributed by atoms with Crippen molar-refractivity contribution in [1.82, 2.24) is 9.78 Å². The molecular weight excluding hydrogens is 389 g/mol. The Labute approximate surface area is 165 Å². The summed E-state index contributed by atoms with van der Waals surface area (Å²) in [4.78, 5) is 25.2. The van der Waals surface area contributed by atoms with Crippen molar-refractivity contribution >= 4 is 34.8 Å². The SMILES string of the molecule is COc1cc(=O)n(-c2ccccc2C)nc1C(=O)Nc1ccc(Cl)cc1Cl. The summed E-state index contributed by atoms with van der Waals surface area (Å²) in [6.07, 6.45) is 0. The van der Waals surface area contributed by atoms with Crippen LogP contribution in [0.25, 0.3) is 5.69 Å². The summed E-state index contributed by atoms with van der Waals surface area (Å²) < 4.78 is 6.33. The molecule has 8 heteroatoms. The number of para-hydroxylation sites is 1. The van der Waals surface area contributed by atoms with Crippen LogP contribution in [0.2, 0.25) is 10.0 Å². The molecule has 0 unspecified atom stereocenters. The van der Waals surface area contributed by atoms with Crippen LogP contribution < -0.4 is 15.6 Å². The lowest BCUT2D eigenvalue weighted by molar-refractivity contribution is 0.101. The molecule has 0 aliphatic heterocycles. The first-order chi connectivity index (χ1) is 12.9. The van der Waals surface area contributed by atoms with Crippen LogP contribution >= 0.6 is 23.2 Å². The molecule has 1 N–H and O–H groups in total. The molecule has 1 amide bonds. The third kappa shape index (κ3) is 3.97. The Balaban J connectivity index is 2.06. The normalized spacial score (nSPS) is 10.5. The molecule has 0 spiro atoms. The Kier molecular flexibility index (Phi) is 5.48. The molecule has 1 heterocycles. The van der Waals surface area contributed by atoms with E-state index in [1.807, 2.05) is 19.1 Å². The van der Waals surface area contributed by atoms with E-state index >= 15 is 0 Å². The Bertz CT molecular complexity index is 1080. The number of aryl methyl sites for hydroxylation is 1. The monoisotopic (exact) mass is 403 g/mol. The van der Waals surface area contributed by atoms with Crippen LogP contribution in [0.15, 0.2) is 53.3 Å². The lowest BCUT2D eigenvalue weighted by Crippen LogP contribution is -2.26. The first-order valence-corrected chi connectivity index (χ1v) is 8.67. The average molecular weight is 404 g/mol. The van der Waals surface area contributed by atoms with E-state index in [4.69, 9.17) is 27.9 Å². The lowest BCUT2D eigenvalue weighted by atomic mass is 10.2. The molecule has 0 saturated heterocycles. The van der Waals surface area contributed by atoms with Crippen molar-refractivity contribution in [2.24, 2.45) is 0 Å². The molecule has 1 aromatic heterocycles. The molecule has 0 atom stereocenters. The highest BCUT2D eigenvalue weighted by Gasteiger charge is 2.19. The van der Waals surface area contributed by atoms with Gasteiger partial charge in [-0.3, -0.25) is 9.59 Å². The predicted molar refractivity (Wildman–Crippen MR) is 106 cm³/mol. The van der Waals surface area contributed by atoms with E-state index in [-0.39, 0.29) is 16.5 Å². The second-order valence-electron chi connectivity index (χ2n) is 5.68. The minimum absolute atomic E-state index is 0.0497. The summed E-state index contributed by atoms with van der Waals surface area (Å²) in [5.41, 5.74) is 1.31. The number of carbonyl (C=O) groups excluding carboxylic acids is 1. The predicted octanol–water partition coefficient (Wildman–Crippen LogP) is 4.11. The van der Waals surface area contributed by atoms with Gasteiger partial charge >= 0.3 is 0 Å². The molecule has 0 fully saturated rings. The molecule has 0 bridgehead atoms. The lowest BCUT2D eigenvalue weighted by Gasteiger charge is -2.13. The zero-order valence-electron chi connectivity index (χ0n) is 14.5. The van der Waals surface area contributed by atoms with Crippen molar-refractivity contribution in [1.29, 1.82) is 0 Å². The smallest absolute Gasteiger partial charge is 0.280 e. The second-order valence-corrected chi connectivity index (χ2v) is 6.52. The van der Waals surface area contributed by atoms with Crippen LogP contribution in [0.3, 0.4) is 0 Å². The van der Waals surface area contributed by atoms with Gasteiger partial charge in [0.25, 0.3) is 11.5 Å². The van der Waals surface area contributed by atoms with Crippen LogP contribution in [-0.2, 0) is 0 Å². The summed E-state index contributed by atoms with van der Waals surface area (Å²) in [7, 11) is 1.36. The van der Waals surface area contributed by atoms with Gasteiger partial charge < -0.3 is 10.1 Å². The van der Waals surface area contributed by atoms with Gasteiger partial charge in [0.2, 0.25) is 0 Å². The highest BCUT2D eigenvalue weighted by atomic mass is 35.5. The molecule has 0 aliphatic rings. The zero-order chi connectivity index (χ0) is 19.6. The fourth-order valence-corrected chi connectivity index (χ4v) is 2.95. The van der Waals surface area contributed by atoms with E-state index in [0.717, 1.165) is 10.2 Å². The van der Waals surface area contributed by atoms with Crippen molar-refractivity contribution < 1.29 is 9.53 Å². The van der Waals surface area contributed by atoms with Crippen molar-refractivity contribution in [3.63, 3.8) is 0 Å². The molecule has 2 aromatic carbocycles. The van der Waals surface area contributed by atoms with Gasteiger partial charge in [-0.15, -0.1) is 0 Å². The molecule has 3 aromatic rings. The number of benzene rings is 2. The van der Waals surface area contributed by atoms with E-state index in [9.17, 15) is 9.59 Å². The van der Waals surface area contributed by atoms with Gasteiger partial charge in [-0.1, -0.05) is 41.4 Å². The van der Waals surface area contributed by atoms with Gasteiger partial charge in [-0.05, 0) is 36.8 Å². The first kappa shape index (κ1) is 18.9. The number of hydrogen-bond acceptors (Lipinski definition) is 4. The number of aromatic nitrogens is 2. The van der Waals surface area contributed by atoms with Gasteiger partial charge in [0, 0.05) is 5.02 Å². The Morgan fingerprint density at radius 3 is 2.56 bits per heavy atom. The molecule has 138 valence electrons. The number of amides is 1. The van der Waals surface area contributed by atoms with Crippen LogP contribution in [-0.4, -0.2) is 22.8 Å². The topological polar surface area (TPSA) is 73.2 Å². The van der Waals surface area contributed by atoms with Gasteiger partial charge in [0.05, 0.1) is 29.6 Å². The summed E-state index contributed by atoms with van der Waals surface area (Å²) >= 11 is 12.0. The van der Waals surface area contributed by atoms with Gasteiger partial charge in [-0.25, -0.2) is 0 Å². The third-order valence-corrected chi connectivity index (χ3v) is 4.40. The number of rotatable bonds is 4. The molecule has 3 rings (SSSR count). The van der Waals surface area contributed by atoms with Gasteiger partial charge in [0.1, 0.15) is 0 Å². The fraction of sp³-hybridized carbons (Fsp3) is 0.105. The highest BCUT2D eigenvalue weighted by molar-refractivity contribution is 6.36. The largest absolute Gasteiger partial charge is 0.494 e. The number of nitrogens with one attached hydrogen (secondary N) is 1. The third-order valence-electron chi connectivity index (χ3n) is 3.85. The van der Waals surface area contributed by atoms with E-state index in [1.54, 1.807) is 24.3 Å². The van der Waals surface area contributed by atoms with E-state index in [1.165, 1.54) is 19.2 Å². The zero-order valence-corrected chi connectivity index (χ0v) is 16.0. The van der Waals surface area contributed by atoms with Crippen molar-refractivity contribution in [2.75, 3.05) is 12.4 Å². The average Bonchev–Trinajstić information content (AvgIpc) is 2.64. The first-order valence-electron chi connectivity index (χ1n) is 7.91. The maximum atomic E-state index is 12.8. The van der Waals surface area contributed by atoms with Crippen LogP contribution in [0.1, 0.15) is 16.1 Å². The van der Waals surface area contributed by atoms with Crippen molar-refractivity contribution in [3.05, 3.63) is 80.2 Å². The second kappa shape index (κ2) is 7.82. The summed E-state index contributed by atoms with van der Waals surface area (Å²) in [6.45, 7) is 1.85. The number of nitrogens with zero attached hydrogens (tertiary/aromatic N) is 2. The standard InChI is InChI=1S/C19H15Cl2N3O3/c1-11-5-3-4-6-15(11)24-17(25)10-16(27-2)18(23-24)19(26)22-14-8-7-12(20)9-13(14)21/h3-10H,1-2H3,(H,22,26). The van der Waals surface area contributed by atoms with Crippen LogP contribution in [0.5, 0.6) is 5.75 Å². The summed E-state index contributed by atoms with van der Waals surface area (Å²) in [5, 5.41) is 7.60. The van der Waals surface area contributed by atoms with Gasteiger partial charge in [-0.2, -0.15) is 9.78 Å². The minimum atomic E-state index is -0.571. The maximum Gasteiger partial charge on any atom is 0.280 e. The molecule has 0 radical (unpaired) electrons. The minimum Gasteiger partial charge on any atom is -0.494 e. The van der Waals surface area contributed by atoms with Crippen LogP contribution in [0.4, 0.5) is 5.69 Å². The number of hydrogen-bond donors (Lipinski definition) is 1. The van der Waals surface area contributed by atoms with E-state index in [2.05, 4.69) is 10.4 Å². The van der Waals surface area contributed by atoms with E-state index in [0.29, 0.717) is 16.4 Å². The fourth-order valence-electron chi connectivity index (χ4n) is 2.50. The Morgan fingerprint density at radius 1 is 1.15 bits per heavy atom. The number of carbonyl (C=O) groups is 1. The van der Waals surface area contributed by atoms with Crippen molar-refractivity contribution in [3.8, 4) is 11.4 Å². The quantitative estimate of drug-likeness (QED) is 0.711. The van der Waals surface area contributed by atoms with Crippen molar-refractivity contribution in [2.45, 2.75) is 6.92 Å². The number of anilines is 1. The molecule has 0 saturated carbocycles. The number of ether oxygens (including phenoxy) is 1. The molecular formula is C19H15Cl2N3O3. The number of methoxy groups -OCH3 is 1. The molecule has 6 nitrogen and oxygen atoms in total.